The molecule has 1 atom stereocenters. The average molecular weight is 246 g/mol. The molecule has 0 amide bonds. The molecular formula is C14H14O4. The maximum atomic E-state index is 11.0. The van der Waals surface area contributed by atoms with Gasteiger partial charge in [-0.05, 0) is 11.6 Å². The molecule has 1 aliphatic rings. The molecule has 2 rings (SSSR count). The highest BCUT2D eigenvalue weighted by Gasteiger charge is 2.19. The molecule has 0 spiro atoms. The predicted molar refractivity (Wildman–Crippen MR) is 66.4 cm³/mol. The largest absolute Gasteiger partial charge is 0.466 e. The van der Waals surface area contributed by atoms with E-state index in [4.69, 9.17) is 9.47 Å². The van der Waals surface area contributed by atoms with E-state index in [-0.39, 0.29) is 6.61 Å². The standard InChI is InChI=1S/C14H14O4/c1-16-13(15)9-12-10-17-14(18-12)8-7-11-5-3-2-4-6-11/h2-9,14H,10H2,1H3/b8-7+,12-9-. The Balaban J connectivity index is 1.92. The third-order valence-corrected chi connectivity index (χ3v) is 2.38. The molecule has 1 saturated heterocycles. The Hall–Kier alpha value is -2.07. The van der Waals surface area contributed by atoms with E-state index in [1.807, 2.05) is 36.4 Å². The molecule has 1 fully saturated rings. The van der Waals surface area contributed by atoms with Crippen molar-refractivity contribution in [3.8, 4) is 0 Å². The molecule has 4 nitrogen and oxygen atoms in total. The molecule has 0 radical (unpaired) electrons. The minimum Gasteiger partial charge on any atom is -0.466 e. The van der Waals surface area contributed by atoms with Crippen LogP contribution < -0.4 is 0 Å². The summed E-state index contributed by atoms with van der Waals surface area (Å²) in [5, 5.41) is 0. The van der Waals surface area contributed by atoms with E-state index in [0.29, 0.717) is 5.76 Å². The average Bonchev–Trinajstić information content (AvgIpc) is 2.85. The van der Waals surface area contributed by atoms with E-state index in [9.17, 15) is 4.79 Å². The summed E-state index contributed by atoms with van der Waals surface area (Å²) >= 11 is 0. The molecule has 0 aliphatic carbocycles. The highest BCUT2D eigenvalue weighted by molar-refractivity contribution is 5.82. The van der Waals surface area contributed by atoms with E-state index < -0.39 is 12.3 Å². The van der Waals surface area contributed by atoms with Crippen molar-refractivity contribution in [1.29, 1.82) is 0 Å². The van der Waals surface area contributed by atoms with Crippen molar-refractivity contribution in [2.24, 2.45) is 0 Å². The van der Waals surface area contributed by atoms with E-state index in [1.54, 1.807) is 6.08 Å². The Labute approximate surface area is 105 Å². The molecule has 0 saturated carbocycles. The van der Waals surface area contributed by atoms with E-state index in [2.05, 4.69) is 4.74 Å². The molecule has 18 heavy (non-hydrogen) atoms. The van der Waals surface area contributed by atoms with Crippen molar-refractivity contribution < 1.29 is 19.0 Å². The van der Waals surface area contributed by atoms with Crippen LogP contribution >= 0.6 is 0 Å². The van der Waals surface area contributed by atoms with Gasteiger partial charge in [-0.3, -0.25) is 0 Å². The van der Waals surface area contributed by atoms with Crippen molar-refractivity contribution in [2.75, 3.05) is 13.7 Å². The van der Waals surface area contributed by atoms with Gasteiger partial charge in [0.05, 0.1) is 13.2 Å². The molecule has 0 N–H and O–H groups in total. The lowest BCUT2D eigenvalue weighted by atomic mass is 10.2. The van der Waals surface area contributed by atoms with Crippen molar-refractivity contribution in [3.05, 3.63) is 53.8 Å². The maximum Gasteiger partial charge on any atom is 0.333 e. The summed E-state index contributed by atoms with van der Waals surface area (Å²) in [6.45, 7) is 0.277. The van der Waals surface area contributed by atoms with Crippen LogP contribution in [0.25, 0.3) is 6.08 Å². The second-order valence-electron chi connectivity index (χ2n) is 3.70. The van der Waals surface area contributed by atoms with Crippen LogP contribution in [0.1, 0.15) is 5.56 Å². The number of hydrogen-bond acceptors (Lipinski definition) is 4. The summed E-state index contributed by atoms with van der Waals surface area (Å²) in [5.74, 6) is 0.0332. The summed E-state index contributed by atoms with van der Waals surface area (Å²) < 4.78 is 15.3. The molecule has 1 unspecified atom stereocenters. The smallest absolute Gasteiger partial charge is 0.333 e. The lowest BCUT2D eigenvalue weighted by molar-refractivity contribution is -0.135. The fourth-order valence-electron chi connectivity index (χ4n) is 1.50. The van der Waals surface area contributed by atoms with Crippen LogP contribution in [0.2, 0.25) is 0 Å². The third-order valence-electron chi connectivity index (χ3n) is 2.38. The molecule has 4 heteroatoms. The Bertz CT molecular complexity index is 462. The van der Waals surface area contributed by atoms with Gasteiger partial charge in [-0.15, -0.1) is 0 Å². The number of methoxy groups -OCH3 is 1. The monoisotopic (exact) mass is 246 g/mol. The van der Waals surface area contributed by atoms with Crippen LogP contribution in [0.15, 0.2) is 48.2 Å². The van der Waals surface area contributed by atoms with Gasteiger partial charge in [0.15, 0.2) is 0 Å². The Morgan fingerprint density at radius 1 is 1.39 bits per heavy atom. The van der Waals surface area contributed by atoms with Gasteiger partial charge in [0.2, 0.25) is 6.29 Å². The van der Waals surface area contributed by atoms with Crippen molar-refractivity contribution in [3.63, 3.8) is 0 Å². The van der Waals surface area contributed by atoms with E-state index >= 15 is 0 Å². The van der Waals surface area contributed by atoms with Gasteiger partial charge in [-0.25, -0.2) is 4.79 Å². The van der Waals surface area contributed by atoms with Crippen molar-refractivity contribution in [2.45, 2.75) is 6.29 Å². The second kappa shape index (κ2) is 6.02. The molecular weight excluding hydrogens is 232 g/mol. The molecule has 94 valence electrons. The Morgan fingerprint density at radius 3 is 2.89 bits per heavy atom. The van der Waals surface area contributed by atoms with Gasteiger partial charge < -0.3 is 14.2 Å². The van der Waals surface area contributed by atoms with Crippen molar-refractivity contribution in [1.82, 2.24) is 0 Å². The van der Waals surface area contributed by atoms with Gasteiger partial charge in [0.25, 0.3) is 0 Å². The van der Waals surface area contributed by atoms with Crippen LogP contribution in [-0.2, 0) is 19.0 Å². The fourth-order valence-corrected chi connectivity index (χ4v) is 1.50. The summed E-state index contributed by atoms with van der Waals surface area (Å²) in [7, 11) is 1.32. The van der Waals surface area contributed by atoms with E-state index in [1.165, 1.54) is 13.2 Å². The zero-order chi connectivity index (χ0) is 12.8. The summed E-state index contributed by atoms with van der Waals surface area (Å²) in [4.78, 5) is 11.0. The maximum absolute atomic E-state index is 11.0. The van der Waals surface area contributed by atoms with E-state index in [0.717, 1.165) is 5.56 Å². The zero-order valence-corrected chi connectivity index (χ0v) is 10.0. The fraction of sp³-hybridized carbons (Fsp3) is 0.214. The molecule has 1 aromatic carbocycles. The number of carbonyl (C=O) groups excluding carboxylic acids is 1. The minimum absolute atomic E-state index is 0.277. The van der Waals surface area contributed by atoms with Crippen LogP contribution in [0.3, 0.4) is 0 Å². The number of ether oxygens (including phenoxy) is 3. The lowest BCUT2D eigenvalue weighted by Crippen LogP contribution is -2.02. The van der Waals surface area contributed by atoms with Gasteiger partial charge in [0.1, 0.15) is 12.4 Å². The van der Waals surface area contributed by atoms with Gasteiger partial charge in [-0.1, -0.05) is 36.4 Å². The summed E-state index contributed by atoms with van der Waals surface area (Å²) in [6, 6.07) is 9.83. The first-order valence-corrected chi connectivity index (χ1v) is 5.58. The summed E-state index contributed by atoms with van der Waals surface area (Å²) in [6.07, 6.45) is 4.54. The Kier molecular flexibility index (Phi) is 4.15. The molecule has 1 aromatic rings. The van der Waals surface area contributed by atoms with Gasteiger partial charge >= 0.3 is 5.97 Å². The summed E-state index contributed by atoms with van der Waals surface area (Å²) in [5.41, 5.74) is 1.06. The zero-order valence-electron chi connectivity index (χ0n) is 10.0. The second-order valence-corrected chi connectivity index (χ2v) is 3.70. The minimum atomic E-state index is -0.457. The van der Waals surface area contributed by atoms with Crippen LogP contribution in [-0.4, -0.2) is 26.0 Å². The number of benzene rings is 1. The van der Waals surface area contributed by atoms with Crippen LogP contribution in [0.4, 0.5) is 0 Å². The predicted octanol–water partition coefficient (Wildman–Crippen LogP) is 2.13. The molecule has 1 heterocycles. The van der Waals surface area contributed by atoms with Crippen LogP contribution in [0.5, 0.6) is 0 Å². The first-order chi connectivity index (χ1) is 8.78. The Morgan fingerprint density at radius 2 is 2.17 bits per heavy atom. The SMILES string of the molecule is COC(=O)/C=C1/COC(/C=C/c2ccccc2)O1. The molecule has 0 bridgehead atoms. The quantitative estimate of drug-likeness (QED) is 0.605. The van der Waals surface area contributed by atoms with Gasteiger partial charge in [0, 0.05) is 0 Å². The van der Waals surface area contributed by atoms with Crippen molar-refractivity contribution >= 4 is 12.0 Å². The van der Waals surface area contributed by atoms with Gasteiger partial charge in [-0.2, -0.15) is 0 Å². The lowest BCUT2D eigenvalue weighted by Gasteiger charge is -2.03. The number of rotatable bonds is 3. The first-order valence-electron chi connectivity index (χ1n) is 5.58. The molecule has 0 aromatic heterocycles. The first kappa shape index (κ1) is 12.4. The topological polar surface area (TPSA) is 44.8 Å². The number of carbonyl (C=O) groups is 1. The highest BCUT2D eigenvalue weighted by Crippen LogP contribution is 2.17. The normalized spacial score (nSPS) is 21.2. The number of hydrogen-bond donors (Lipinski definition) is 0. The third kappa shape index (κ3) is 3.46. The number of esters is 1. The highest BCUT2D eigenvalue weighted by atomic mass is 16.7. The van der Waals surface area contributed by atoms with Crippen LogP contribution in [0, 0.1) is 0 Å². The molecule has 1 aliphatic heterocycles.